The average Bonchev–Trinajstić information content (AvgIpc) is 2.56. The van der Waals surface area contributed by atoms with Crippen molar-refractivity contribution in [3.8, 4) is 0 Å². The Kier molecular flexibility index (Phi) is 5.66. The molecular weight excluding hydrogens is 331 g/mol. The zero-order valence-corrected chi connectivity index (χ0v) is 14.3. The molecule has 0 radical (unpaired) electrons. The van der Waals surface area contributed by atoms with Crippen LogP contribution in [0.15, 0.2) is 53.7 Å². The Labute approximate surface area is 140 Å². The van der Waals surface area contributed by atoms with Gasteiger partial charge in [-0.05, 0) is 35.9 Å². The number of rotatable bonds is 6. The Balaban J connectivity index is 2.38. The molecule has 1 aromatic heterocycles. The van der Waals surface area contributed by atoms with E-state index in [1.54, 1.807) is 26.0 Å². The van der Waals surface area contributed by atoms with Gasteiger partial charge in [-0.1, -0.05) is 19.9 Å². The van der Waals surface area contributed by atoms with Crippen LogP contribution in [0.3, 0.4) is 0 Å². The maximum atomic E-state index is 13.1. The third-order valence-corrected chi connectivity index (χ3v) is 5.68. The summed E-state index contributed by atoms with van der Waals surface area (Å²) < 4.78 is 38.9. The van der Waals surface area contributed by atoms with Gasteiger partial charge in [-0.3, -0.25) is 9.78 Å². The number of aromatic nitrogens is 1. The Hall–Kier alpha value is -2.28. The number of hydrogen-bond donors (Lipinski definition) is 1. The molecule has 1 N–H and O–H groups in total. The van der Waals surface area contributed by atoms with Crippen LogP contribution in [0.5, 0.6) is 0 Å². The van der Waals surface area contributed by atoms with Crippen molar-refractivity contribution in [2.75, 3.05) is 6.54 Å². The summed E-state index contributed by atoms with van der Waals surface area (Å²) >= 11 is 0. The first kappa shape index (κ1) is 18.1. The molecule has 0 fully saturated rings. The predicted octanol–water partition coefficient (Wildman–Crippen LogP) is 2.51. The number of halogens is 1. The lowest BCUT2D eigenvalue weighted by molar-refractivity contribution is -0.123. The third-order valence-electron chi connectivity index (χ3n) is 3.56. The molecule has 0 aliphatic heterocycles. The van der Waals surface area contributed by atoms with Gasteiger partial charge >= 0.3 is 0 Å². The molecule has 0 bridgehead atoms. The summed E-state index contributed by atoms with van der Waals surface area (Å²) in [5.74, 6) is -1.01. The van der Waals surface area contributed by atoms with Crippen molar-refractivity contribution in [2.45, 2.75) is 24.0 Å². The molecule has 1 heterocycles. The van der Waals surface area contributed by atoms with Crippen molar-refractivity contribution in [1.29, 1.82) is 0 Å². The molecule has 0 unspecified atom stereocenters. The largest absolute Gasteiger partial charge is 0.354 e. The summed E-state index contributed by atoms with van der Waals surface area (Å²) in [7, 11) is -3.81. The van der Waals surface area contributed by atoms with E-state index in [2.05, 4.69) is 10.3 Å². The molecule has 128 valence electrons. The van der Waals surface area contributed by atoms with E-state index in [0.717, 1.165) is 12.1 Å². The molecular formula is C17H19FN2O3S. The van der Waals surface area contributed by atoms with Gasteiger partial charge in [-0.2, -0.15) is 0 Å². The maximum absolute atomic E-state index is 13.1. The molecule has 2 aromatic rings. The van der Waals surface area contributed by atoms with Gasteiger partial charge < -0.3 is 5.32 Å². The monoisotopic (exact) mass is 350 g/mol. The van der Waals surface area contributed by atoms with Gasteiger partial charge in [-0.15, -0.1) is 0 Å². The molecule has 0 saturated carbocycles. The SMILES string of the molecule is CC(C)C(=O)NC[C@H](c1cccnc1)S(=O)(=O)c1ccc(F)cc1. The van der Waals surface area contributed by atoms with Crippen LogP contribution in [-0.2, 0) is 14.6 Å². The van der Waals surface area contributed by atoms with E-state index < -0.39 is 20.9 Å². The molecule has 1 atom stereocenters. The minimum atomic E-state index is -3.81. The van der Waals surface area contributed by atoms with Crippen LogP contribution in [0.1, 0.15) is 24.7 Å². The van der Waals surface area contributed by atoms with Crippen LogP contribution < -0.4 is 5.32 Å². The molecule has 7 heteroatoms. The quantitative estimate of drug-likeness (QED) is 0.812. The van der Waals surface area contributed by atoms with Gasteiger partial charge in [0, 0.05) is 24.9 Å². The molecule has 0 spiro atoms. The van der Waals surface area contributed by atoms with E-state index in [1.807, 2.05) is 0 Å². The minimum absolute atomic E-state index is 0.00320. The number of sulfone groups is 1. The molecule has 0 aliphatic carbocycles. The number of carbonyl (C=O) groups is 1. The van der Waals surface area contributed by atoms with Gasteiger partial charge in [-0.25, -0.2) is 12.8 Å². The molecule has 1 aromatic carbocycles. The number of carbonyl (C=O) groups excluding carboxylic acids is 1. The van der Waals surface area contributed by atoms with Crippen LogP contribution in [0.25, 0.3) is 0 Å². The zero-order chi connectivity index (χ0) is 17.7. The zero-order valence-electron chi connectivity index (χ0n) is 13.4. The number of pyridine rings is 1. The maximum Gasteiger partial charge on any atom is 0.222 e. The smallest absolute Gasteiger partial charge is 0.222 e. The Bertz CT molecular complexity index is 790. The van der Waals surface area contributed by atoms with Crippen LogP contribution in [-0.4, -0.2) is 25.9 Å². The van der Waals surface area contributed by atoms with Crippen molar-refractivity contribution in [3.05, 3.63) is 60.2 Å². The van der Waals surface area contributed by atoms with Gasteiger partial charge in [0.2, 0.25) is 5.91 Å². The Morgan fingerprint density at radius 2 is 1.88 bits per heavy atom. The predicted molar refractivity (Wildman–Crippen MR) is 88.4 cm³/mol. The van der Waals surface area contributed by atoms with E-state index in [4.69, 9.17) is 0 Å². The highest BCUT2D eigenvalue weighted by Crippen LogP contribution is 2.28. The van der Waals surface area contributed by atoms with E-state index >= 15 is 0 Å². The molecule has 0 aliphatic rings. The van der Waals surface area contributed by atoms with Crippen LogP contribution in [0.4, 0.5) is 4.39 Å². The summed E-state index contributed by atoms with van der Waals surface area (Å²) in [5, 5.41) is 1.65. The van der Waals surface area contributed by atoms with E-state index in [0.29, 0.717) is 5.56 Å². The number of nitrogens with zero attached hydrogens (tertiary/aromatic N) is 1. The summed E-state index contributed by atoms with van der Waals surface area (Å²) in [6.07, 6.45) is 2.99. The van der Waals surface area contributed by atoms with Gasteiger partial charge in [0.05, 0.1) is 4.90 Å². The lowest BCUT2D eigenvalue weighted by atomic mass is 10.2. The first-order valence-corrected chi connectivity index (χ1v) is 9.04. The van der Waals surface area contributed by atoms with E-state index in [-0.39, 0.29) is 23.3 Å². The van der Waals surface area contributed by atoms with E-state index in [1.165, 1.54) is 24.5 Å². The van der Waals surface area contributed by atoms with Crippen LogP contribution in [0.2, 0.25) is 0 Å². The van der Waals surface area contributed by atoms with Gasteiger partial charge in [0.25, 0.3) is 0 Å². The minimum Gasteiger partial charge on any atom is -0.354 e. The number of nitrogens with one attached hydrogen (secondary N) is 1. The second-order valence-corrected chi connectivity index (χ2v) is 7.80. The summed E-state index contributed by atoms with van der Waals surface area (Å²) in [4.78, 5) is 15.8. The second kappa shape index (κ2) is 7.53. The highest BCUT2D eigenvalue weighted by atomic mass is 32.2. The normalized spacial score (nSPS) is 12.8. The number of amides is 1. The first-order chi connectivity index (χ1) is 11.3. The fourth-order valence-corrected chi connectivity index (χ4v) is 3.80. The van der Waals surface area contributed by atoms with Gasteiger partial charge in [0.15, 0.2) is 9.84 Å². The molecule has 2 rings (SSSR count). The first-order valence-electron chi connectivity index (χ1n) is 7.49. The Morgan fingerprint density at radius 3 is 2.42 bits per heavy atom. The van der Waals surface area contributed by atoms with Crippen molar-refractivity contribution in [2.24, 2.45) is 5.92 Å². The van der Waals surface area contributed by atoms with Crippen molar-refractivity contribution in [3.63, 3.8) is 0 Å². The molecule has 5 nitrogen and oxygen atoms in total. The second-order valence-electron chi connectivity index (χ2n) is 5.67. The molecule has 0 saturated heterocycles. The summed E-state index contributed by atoms with van der Waals surface area (Å²) in [5.41, 5.74) is 0.464. The van der Waals surface area contributed by atoms with E-state index in [9.17, 15) is 17.6 Å². The number of benzene rings is 1. The standard InChI is InChI=1S/C17H19FN2O3S/c1-12(2)17(21)20-11-16(13-4-3-9-19-10-13)24(22,23)15-7-5-14(18)6-8-15/h3-10,12,16H,11H2,1-2H3,(H,20,21)/t16-/m1/s1. The third kappa shape index (κ3) is 4.17. The Morgan fingerprint density at radius 1 is 1.21 bits per heavy atom. The highest BCUT2D eigenvalue weighted by Gasteiger charge is 2.30. The van der Waals surface area contributed by atoms with Crippen LogP contribution >= 0.6 is 0 Å². The van der Waals surface area contributed by atoms with Crippen molar-refractivity contribution < 1.29 is 17.6 Å². The summed E-state index contributed by atoms with van der Waals surface area (Å²) in [6, 6.07) is 7.91. The lowest BCUT2D eigenvalue weighted by Gasteiger charge is -2.19. The number of hydrogen-bond acceptors (Lipinski definition) is 4. The van der Waals surface area contributed by atoms with Crippen molar-refractivity contribution in [1.82, 2.24) is 10.3 Å². The van der Waals surface area contributed by atoms with Crippen LogP contribution in [0, 0.1) is 11.7 Å². The van der Waals surface area contributed by atoms with Gasteiger partial charge in [0.1, 0.15) is 11.1 Å². The fraction of sp³-hybridized carbons (Fsp3) is 0.294. The fourth-order valence-electron chi connectivity index (χ4n) is 2.16. The topological polar surface area (TPSA) is 76.1 Å². The summed E-state index contributed by atoms with van der Waals surface area (Å²) in [6.45, 7) is 3.37. The highest BCUT2D eigenvalue weighted by molar-refractivity contribution is 7.91. The average molecular weight is 350 g/mol. The molecule has 1 amide bonds. The molecule has 24 heavy (non-hydrogen) atoms. The lowest BCUT2D eigenvalue weighted by Crippen LogP contribution is -2.34. The van der Waals surface area contributed by atoms with Crippen molar-refractivity contribution >= 4 is 15.7 Å².